The number of amides is 1. The van der Waals surface area contributed by atoms with E-state index in [1.54, 1.807) is 6.20 Å². The molecule has 0 aliphatic carbocycles. The molecule has 1 atom stereocenters. The lowest BCUT2D eigenvalue weighted by Gasteiger charge is -2.36. The molecule has 0 aromatic carbocycles. The summed E-state index contributed by atoms with van der Waals surface area (Å²) < 4.78 is 1.99. The largest absolute Gasteiger partial charge is 0.336 e. The summed E-state index contributed by atoms with van der Waals surface area (Å²) in [6.45, 7) is 5.93. The van der Waals surface area contributed by atoms with E-state index in [1.807, 2.05) is 29.8 Å². The van der Waals surface area contributed by atoms with Crippen LogP contribution in [0.25, 0.3) is 0 Å². The molecule has 20 heavy (non-hydrogen) atoms. The predicted molar refractivity (Wildman–Crippen MR) is 78.3 cm³/mol. The minimum Gasteiger partial charge on any atom is -0.336 e. The van der Waals surface area contributed by atoms with Gasteiger partial charge in [0.15, 0.2) is 0 Å². The van der Waals surface area contributed by atoms with Gasteiger partial charge in [-0.05, 0) is 20.0 Å². The van der Waals surface area contributed by atoms with E-state index >= 15 is 0 Å². The van der Waals surface area contributed by atoms with Crippen LogP contribution in [-0.4, -0.2) is 65.0 Å². The van der Waals surface area contributed by atoms with Gasteiger partial charge in [0, 0.05) is 39.1 Å². The molecule has 1 aromatic rings. The van der Waals surface area contributed by atoms with Crippen LogP contribution in [-0.2, 0) is 11.8 Å². The monoisotopic (exact) mass is 279 g/mol. The molecule has 1 N–H and O–H groups in total. The average Bonchev–Trinajstić information content (AvgIpc) is 2.85. The van der Waals surface area contributed by atoms with Crippen molar-refractivity contribution in [2.24, 2.45) is 7.05 Å². The van der Waals surface area contributed by atoms with Crippen LogP contribution in [0.4, 0.5) is 0 Å². The van der Waals surface area contributed by atoms with Crippen LogP contribution in [0.15, 0.2) is 12.4 Å². The van der Waals surface area contributed by atoms with Crippen molar-refractivity contribution in [2.75, 3.05) is 39.8 Å². The number of piperazine rings is 1. The Morgan fingerprint density at radius 2 is 2.40 bits per heavy atom. The molecule has 112 valence electrons. The van der Waals surface area contributed by atoms with Gasteiger partial charge < -0.3 is 14.8 Å². The van der Waals surface area contributed by atoms with Gasteiger partial charge in [-0.1, -0.05) is 6.92 Å². The molecular weight excluding hydrogens is 254 g/mol. The lowest BCUT2D eigenvalue weighted by Crippen LogP contribution is -2.51. The summed E-state index contributed by atoms with van der Waals surface area (Å²) in [6.07, 6.45) is 4.78. The van der Waals surface area contributed by atoms with Crippen LogP contribution in [0.1, 0.15) is 25.2 Å². The fraction of sp³-hybridized carbons (Fsp3) is 0.714. The number of likely N-dealkylation sites (N-methyl/N-ethyl adjacent to an activating group) is 1. The zero-order chi connectivity index (χ0) is 14.5. The van der Waals surface area contributed by atoms with Gasteiger partial charge in [0.25, 0.3) is 0 Å². The second kappa shape index (κ2) is 6.85. The molecule has 0 radical (unpaired) electrons. The number of hydrogen-bond acceptors (Lipinski definition) is 4. The average molecular weight is 279 g/mol. The Balaban J connectivity index is 2.07. The Labute approximate surface area is 120 Å². The molecule has 1 aliphatic rings. The van der Waals surface area contributed by atoms with Crippen molar-refractivity contribution in [3.63, 3.8) is 0 Å². The van der Waals surface area contributed by atoms with E-state index < -0.39 is 0 Å². The van der Waals surface area contributed by atoms with E-state index in [2.05, 4.69) is 22.1 Å². The van der Waals surface area contributed by atoms with Crippen molar-refractivity contribution >= 4 is 5.91 Å². The molecule has 2 heterocycles. The first-order chi connectivity index (χ1) is 9.63. The molecule has 1 aliphatic heterocycles. The third-order valence-electron chi connectivity index (χ3n) is 3.73. The molecule has 1 amide bonds. The highest BCUT2D eigenvalue weighted by atomic mass is 16.2. The first-order valence-corrected chi connectivity index (χ1v) is 7.29. The second-order valence-corrected chi connectivity index (χ2v) is 5.44. The summed E-state index contributed by atoms with van der Waals surface area (Å²) in [7, 11) is 3.97. The molecule has 0 saturated carbocycles. The quantitative estimate of drug-likeness (QED) is 0.838. The third-order valence-corrected chi connectivity index (χ3v) is 3.73. The summed E-state index contributed by atoms with van der Waals surface area (Å²) in [5, 5.41) is 3.35. The highest BCUT2D eigenvalue weighted by Gasteiger charge is 2.30. The minimum absolute atomic E-state index is 0.0336. The van der Waals surface area contributed by atoms with Crippen molar-refractivity contribution in [3.05, 3.63) is 18.2 Å². The number of carbonyl (C=O) groups is 1. The SMILES string of the molecule is CCCN(C)CC(=O)N1CCNCC1c1nccn1C. The number of rotatable bonds is 5. The summed E-state index contributed by atoms with van der Waals surface area (Å²) in [5.41, 5.74) is 0. The Kier molecular flexibility index (Phi) is 5.14. The third kappa shape index (κ3) is 3.37. The normalized spacial score (nSPS) is 19.6. The Bertz CT molecular complexity index is 445. The van der Waals surface area contributed by atoms with Crippen molar-refractivity contribution in [1.29, 1.82) is 0 Å². The summed E-state index contributed by atoms with van der Waals surface area (Å²) >= 11 is 0. The predicted octanol–water partition coefficient (Wildman–Crippen LogP) is 0.235. The number of aryl methyl sites for hydroxylation is 1. The Hall–Kier alpha value is -1.40. The molecular formula is C14H25N5O. The smallest absolute Gasteiger partial charge is 0.237 e. The van der Waals surface area contributed by atoms with E-state index in [-0.39, 0.29) is 11.9 Å². The molecule has 6 heteroatoms. The van der Waals surface area contributed by atoms with E-state index in [9.17, 15) is 4.79 Å². The fourth-order valence-electron chi connectivity index (χ4n) is 2.71. The first kappa shape index (κ1) is 15.0. The van der Waals surface area contributed by atoms with Crippen molar-refractivity contribution in [2.45, 2.75) is 19.4 Å². The van der Waals surface area contributed by atoms with Gasteiger partial charge in [0.2, 0.25) is 5.91 Å². The lowest BCUT2D eigenvalue weighted by molar-refractivity contribution is -0.135. The van der Waals surface area contributed by atoms with Crippen LogP contribution < -0.4 is 5.32 Å². The van der Waals surface area contributed by atoms with E-state index in [0.717, 1.165) is 38.4 Å². The van der Waals surface area contributed by atoms with Crippen LogP contribution >= 0.6 is 0 Å². The van der Waals surface area contributed by atoms with Gasteiger partial charge in [-0.15, -0.1) is 0 Å². The molecule has 6 nitrogen and oxygen atoms in total. The standard InChI is InChI=1S/C14H25N5O/c1-4-7-17(2)11-13(20)19-9-5-15-10-12(19)14-16-6-8-18(14)3/h6,8,12,15H,4-5,7,9-11H2,1-3H3. The minimum atomic E-state index is 0.0336. The van der Waals surface area contributed by atoms with Crippen LogP contribution in [0.5, 0.6) is 0 Å². The maximum absolute atomic E-state index is 12.5. The van der Waals surface area contributed by atoms with Gasteiger partial charge >= 0.3 is 0 Å². The molecule has 1 unspecified atom stereocenters. The Morgan fingerprint density at radius 1 is 1.60 bits per heavy atom. The van der Waals surface area contributed by atoms with E-state index in [1.165, 1.54) is 0 Å². The highest BCUT2D eigenvalue weighted by molar-refractivity contribution is 5.78. The maximum atomic E-state index is 12.5. The number of hydrogen-bond donors (Lipinski definition) is 1. The van der Waals surface area contributed by atoms with E-state index in [0.29, 0.717) is 6.54 Å². The van der Waals surface area contributed by atoms with Gasteiger partial charge in [-0.25, -0.2) is 4.98 Å². The molecule has 1 aromatic heterocycles. The zero-order valence-electron chi connectivity index (χ0n) is 12.7. The number of aromatic nitrogens is 2. The zero-order valence-corrected chi connectivity index (χ0v) is 12.7. The summed E-state index contributed by atoms with van der Waals surface area (Å²) in [5.74, 6) is 1.14. The second-order valence-electron chi connectivity index (χ2n) is 5.44. The molecule has 0 spiro atoms. The number of nitrogens with zero attached hydrogens (tertiary/aromatic N) is 4. The molecule has 0 bridgehead atoms. The summed E-state index contributed by atoms with van der Waals surface area (Å²) in [4.78, 5) is 21.0. The maximum Gasteiger partial charge on any atom is 0.237 e. The summed E-state index contributed by atoms with van der Waals surface area (Å²) in [6, 6.07) is 0.0336. The van der Waals surface area contributed by atoms with Crippen LogP contribution in [0.3, 0.4) is 0 Å². The van der Waals surface area contributed by atoms with Gasteiger partial charge in [-0.2, -0.15) is 0 Å². The Morgan fingerprint density at radius 3 is 3.05 bits per heavy atom. The van der Waals surface area contributed by atoms with E-state index in [4.69, 9.17) is 0 Å². The number of carbonyl (C=O) groups excluding carboxylic acids is 1. The first-order valence-electron chi connectivity index (χ1n) is 7.29. The van der Waals surface area contributed by atoms with Crippen molar-refractivity contribution in [1.82, 2.24) is 24.7 Å². The van der Waals surface area contributed by atoms with Gasteiger partial charge in [-0.3, -0.25) is 9.69 Å². The van der Waals surface area contributed by atoms with Crippen molar-refractivity contribution in [3.8, 4) is 0 Å². The molecule has 1 fully saturated rings. The van der Waals surface area contributed by atoms with Gasteiger partial charge in [0.05, 0.1) is 6.54 Å². The lowest BCUT2D eigenvalue weighted by atomic mass is 10.1. The fourth-order valence-corrected chi connectivity index (χ4v) is 2.71. The molecule has 2 rings (SSSR count). The van der Waals surface area contributed by atoms with Crippen molar-refractivity contribution < 1.29 is 4.79 Å². The van der Waals surface area contributed by atoms with Crippen LogP contribution in [0, 0.1) is 0 Å². The number of imidazole rings is 1. The van der Waals surface area contributed by atoms with Gasteiger partial charge in [0.1, 0.15) is 11.9 Å². The molecule has 1 saturated heterocycles. The highest BCUT2D eigenvalue weighted by Crippen LogP contribution is 2.20. The number of nitrogens with one attached hydrogen (secondary N) is 1. The topological polar surface area (TPSA) is 53.4 Å². The van der Waals surface area contributed by atoms with Crippen LogP contribution in [0.2, 0.25) is 0 Å².